The molecule has 0 saturated heterocycles. The summed E-state index contributed by atoms with van der Waals surface area (Å²) in [6.07, 6.45) is 48.7. The van der Waals surface area contributed by atoms with Gasteiger partial charge in [-0.05, 0) is 70.6 Å². The van der Waals surface area contributed by atoms with Gasteiger partial charge >= 0.3 is 19.8 Å². The lowest BCUT2D eigenvalue weighted by atomic mass is 10.0. The summed E-state index contributed by atoms with van der Waals surface area (Å²) < 4.78 is 26.4. The van der Waals surface area contributed by atoms with Gasteiger partial charge in [-0.15, -0.1) is 0 Å². The predicted molar refractivity (Wildman–Crippen MR) is 225 cm³/mol. The Morgan fingerprint density at radius 2 is 0.833 bits per heavy atom. The van der Waals surface area contributed by atoms with E-state index in [4.69, 9.17) is 19.3 Å². The molecular weight excluding hydrogens is 699 g/mol. The van der Waals surface area contributed by atoms with E-state index in [1.165, 1.54) is 122 Å². The molecule has 0 spiro atoms. The summed E-state index contributed by atoms with van der Waals surface area (Å²) in [4.78, 5) is 42.9. The molecule has 0 saturated carbocycles. The van der Waals surface area contributed by atoms with Gasteiger partial charge in [0.2, 0.25) is 0 Å². The molecular formula is C45H83O8P. The highest BCUT2D eigenvalue weighted by Crippen LogP contribution is 2.36. The van der Waals surface area contributed by atoms with Crippen molar-refractivity contribution in [1.82, 2.24) is 0 Å². The van der Waals surface area contributed by atoms with Crippen LogP contribution in [0.3, 0.4) is 0 Å². The van der Waals surface area contributed by atoms with Gasteiger partial charge in [-0.25, -0.2) is 4.57 Å². The van der Waals surface area contributed by atoms with Gasteiger partial charge in [-0.3, -0.25) is 14.1 Å². The van der Waals surface area contributed by atoms with Gasteiger partial charge in [0.15, 0.2) is 6.10 Å². The molecule has 0 fully saturated rings. The van der Waals surface area contributed by atoms with Crippen LogP contribution in [0.4, 0.5) is 0 Å². The van der Waals surface area contributed by atoms with E-state index in [0.29, 0.717) is 12.8 Å². The lowest BCUT2D eigenvalue weighted by Crippen LogP contribution is -2.29. The van der Waals surface area contributed by atoms with E-state index in [1.54, 1.807) is 0 Å². The van der Waals surface area contributed by atoms with Crippen molar-refractivity contribution < 1.29 is 37.9 Å². The Balaban J connectivity index is 3.85. The number of carbonyl (C=O) groups is 2. The summed E-state index contributed by atoms with van der Waals surface area (Å²) in [7, 11) is -4.76. The highest BCUT2D eigenvalue weighted by Gasteiger charge is 2.22. The molecule has 316 valence electrons. The number of rotatable bonds is 41. The molecule has 0 radical (unpaired) electrons. The molecule has 1 atom stereocenters. The van der Waals surface area contributed by atoms with Crippen molar-refractivity contribution in [2.24, 2.45) is 0 Å². The van der Waals surface area contributed by atoms with Crippen LogP contribution < -0.4 is 0 Å². The van der Waals surface area contributed by atoms with Gasteiger partial charge in [0.05, 0.1) is 6.61 Å². The van der Waals surface area contributed by atoms with Crippen molar-refractivity contribution in [2.75, 3.05) is 13.2 Å². The first-order valence-electron chi connectivity index (χ1n) is 22.3. The number of ether oxygens (including phenoxy) is 2. The number of phosphoric ester groups is 1. The molecule has 0 aliphatic rings. The number of hydrogen-bond acceptors (Lipinski definition) is 6. The second kappa shape index (κ2) is 40.9. The summed E-state index contributed by atoms with van der Waals surface area (Å²) in [5.41, 5.74) is 0. The maximum absolute atomic E-state index is 12.4. The van der Waals surface area contributed by atoms with Crippen molar-refractivity contribution in [2.45, 2.75) is 225 Å². The van der Waals surface area contributed by atoms with Crippen LogP contribution in [0.2, 0.25) is 0 Å². The van der Waals surface area contributed by atoms with Crippen LogP contribution in [0.25, 0.3) is 0 Å². The van der Waals surface area contributed by atoms with Gasteiger partial charge < -0.3 is 19.3 Å². The van der Waals surface area contributed by atoms with Crippen molar-refractivity contribution in [1.29, 1.82) is 0 Å². The van der Waals surface area contributed by atoms with E-state index in [1.807, 2.05) is 0 Å². The summed E-state index contributed by atoms with van der Waals surface area (Å²) in [5.74, 6) is -0.893. The maximum Gasteiger partial charge on any atom is 0.469 e. The van der Waals surface area contributed by atoms with Gasteiger partial charge in [-0.2, -0.15) is 0 Å². The maximum atomic E-state index is 12.4. The van der Waals surface area contributed by atoms with Gasteiger partial charge in [-0.1, -0.05) is 172 Å². The zero-order valence-corrected chi connectivity index (χ0v) is 35.8. The summed E-state index contributed by atoms with van der Waals surface area (Å²) in [6.45, 7) is 3.66. The van der Waals surface area contributed by atoms with Gasteiger partial charge in [0.1, 0.15) is 6.61 Å². The fourth-order valence-corrected chi connectivity index (χ4v) is 6.64. The van der Waals surface area contributed by atoms with Crippen LogP contribution in [0.15, 0.2) is 36.5 Å². The SMILES string of the molecule is CCCCCC/C=C\CCCCCCCC(=O)OCC(COP(=O)(O)O)OC(=O)CCCCCCCCCCCCC/C=C\C/C=C\CCCCCCC. The van der Waals surface area contributed by atoms with Crippen LogP contribution in [0.5, 0.6) is 0 Å². The van der Waals surface area contributed by atoms with Crippen LogP contribution in [-0.4, -0.2) is 41.0 Å². The molecule has 0 aromatic rings. The molecule has 0 aromatic heterocycles. The Hall–Kier alpha value is -1.73. The first-order chi connectivity index (χ1) is 26.3. The Kier molecular flexibility index (Phi) is 39.6. The van der Waals surface area contributed by atoms with E-state index in [-0.39, 0.29) is 19.4 Å². The Labute approximate surface area is 332 Å². The molecule has 2 N–H and O–H groups in total. The Bertz CT molecular complexity index is 973. The molecule has 54 heavy (non-hydrogen) atoms. The monoisotopic (exact) mass is 783 g/mol. The van der Waals surface area contributed by atoms with E-state index >= 15 is 0 Å². The average molecular weight is 783 g/mol. The van der Waals surface area contributed by atoms with Crippen LogP contribution in [0, 0.1) is 0 Å². The normalized spacial score (nSPS) is 12.7. The van der Waals surface area contributed by atoms with Crippen molar-refractivity contribution in [3.63, 3.8) is 0 Å². The fraction of sp³-hybridized carbons (Fsp3) is 0.822. The molecule has 0 aliphatic carbocycles. The third kappa shape index (κ3) is 43.0. The number of unbranched alkanes of at least 4 members (excludes halogenated alkanes) is 25. The molecule has 0 heterocycles. The molecule has 0 rings (SSSR count). The summed E-state index contributed by atoms with van der Waals surface area (Å²) in [5, 5.41) is 0. The summed E-state index contributed by atoms with van der Waals surface area (Å²) in [6, 6.07) is 0. The third-order valence-electron chi connectivity index (χ3n) is 9.63. The lowest BCUT2D eigenvalue weighted by molar-refractivity contribution is -0.161. The topological polar surface area (TPSA) is 119 Å². The van der Waals surface area contributed by atoms with Crippen LogP contribution in [0.1, 0.15) is 219 Å². The first-order valence-corrected chi connectivity index (χ1v) is 23.8. The molecule has 0 aromatic carbocycles. The van der Waals surface area contributed by atoms with E-state index in [9.17, 15) is 14.2 Å². The first kappa shape index (κ1) is 52.3. The number of esters is 2. The number of allylic oxidation sites excluding steroid dienone is 6. The average Bonchev–Trinajstić information content (AvgIpc) is 3.14. The molecule has 0 aliphatic heterocycles. The minimum atomic E-state index is -4.76. The Morgan fingerprint density at radius 3 is 1.26 bits per heavy atom. The van der Waals surface area contributed by atoms with Gasteiger partial charge in [0.25, 0.3) is 0 Å². The largest absolute Gasteiger partial charge is 0.469 e. The zero-order valence-electron chi connectivity index (χ0n) is 34.9. The van der Waals surface area contributed by atoms with Crippen molar-refractivity contribution in [3.05, 3.63) is 36.5 Å². The highest BCUT2D eigenvalue weighted by molar-refractivity contribution is 7.46. The molecule has 1 unspecified atom stereocenters. The second-order valence-corrected chi connectivity index (χ2v) is 16.3. The number of phosphoric acid groups is 1. The van der Waals surface area contributed by atoms with Gasteiger partial charge in [0, 0.05) is 12.8 Å². The molecule has 0 amide bonds. The predicted octanol–water partition coefficient (Wildman–Crippen LogP) is 13.7. The summed E-state index contributed by atoms with van der Waals surface area (Å²) >= 11 is 0. The van der Waals surface area contributed by atoms with Crippen molar-refractivity contribution in [3.8, 4) is 0 Å². The van der Waals surface area contributed by atoms with Crippen LogP contribution in [-0.2, 0) is 28.2 Å². The standard InChI is InChI=1S/C45H83O8P/c1-3-5-7-9-11-13-15-17-18-19-20-21-22-23-24-25-26-28-30-32-34-36-38-40-45(47)53-43(42-52-54(48,49)50)41-51-44(46)39-37-35-33-31-29-27-16-14-12-10-8-6-4-2/h14-17,19-20,43H,3-13,18,21-42H2,1-2H3,(H2,48,49,50)/b16-14-,17-15-,20-19-. The lowest BCUT2D eigenvalue weighted by Gasteiger charge is -2.18. The quantitative estimate of drug-likeness (QED) is 0.0272. The number of carbonyl (C=O) groups excluding carboxylic acids is 2. The minimum Gasteiger partial charge on any atom is -0.462 e. The van der Waals surface area contributed by atoms with E-state index in [0.717, 1.165) is 57.8 Å². The van der Waals surface area contributed by atoms with E-state index in [2.05, 4.69) is 54.8 Å². The molecule has 0 bridgehead atoms. The van der Waals surface area contributed by atoms with Crippen LogP contribution >= 0.6 is 7.82 Å². The smallest absolute Gasteiger partial charge is 0.462 e. The highest BCUT2D eigenvalue weighted by atomic mass is 31.2. The molecule has 8 nitrogen and oxygen atoms in total. The molecule has 9 heteroatoms. The third-order valence-corrected chi connectivity index (χ3v) is 10.1. The van der Waals surface area contributed by atoms with E-state index < -0.39 is 32.5 Å². The fourth-order valence-electron chi connectivity index (χ4n) is 6.28. The number of hydrogen-bond donors (Lipinski definition) is 2. The Morgan fingerprint density at radius 1 is 0.481 bits per heavy atom. The zero-order chi connectivity index (χ0) is 39.6. The second-order valence-electron chi connectivity index (χ2n) is 15.0. The minimum absolute atomic E-state index is 0.209. The van der Waals surface area contributed by atoms with Crippen molar-refractivity contribution >= 4 is 19.8 Å².